The highest BCUT2D eigenvalue weighted by Gasteiger charge is 2.30. The molecule has 2 heterocycles. The molecule has 3 aromatic carbocycles. The zero-order chi connectivity index (χ0) is 30.9. The lowest BCUT2D eigenvalue weighted by Crippen LogP contribution is -2.11. The van der Waals surface area contributed by atoms with E-state index in [4.69, 9.17) is 19.4 Å². The number of hydrogen-bond donors (Lipinski definition) is 0. The van der Waals surface area contributed by atoms with Crippen molar-refractivity contribution in [3.63, 3.8) is 0 Å². The highest BCUT2D eigenvalue weighted by Crippen LogP contribution is 2.45. The normalized spacial score (nSPS) is 18.1. The molecule has 0 fully saturated rings. The SMILES string of the molecule is C=C1/C=C\C=C/Cc2ccc(C3=C(c4nc(C5=CC=CCC5)nc(-c5ccccc5)n4)c4c(oc5ccccc45)CC3)cc2/C=C\1. The van der Waals surface area contributed by atoms with Crippen LogP contribution in [-0.2, 0) is 12.8 Å². The Hall–Kier alpha value is -5.61. The molecule has 0 bridgehead atoms. The van der Waals surface area contributed by atoms with Gasteiger partial charge in [0.1, 0.15) is 11.3 Å². The summed E-state index contributed by atoms with van der Waals surface area (Å²) in [5, 5.41) is 1.08. The molecule has 0 spiro atoms. The second-order valence-electron chi connectivity index (χ2n) is 11.9. The lowest BCUT2D eigenvalue weighted by molar-refractivity contribution is 0.547. The molecule has 0 radical (unpaired) electrons. The van der Waals surface area contributed by atoms with Crippen LogP contribution in [0, 0.1) is 0 Å². The van der Waals surface area contributed by atoms with Gasteiger partial charge < -0.3 is 4.42 Å². The summed E-state index contributed by atoms with van der Waals surface area (Å²) in [7, 11) is 0. The monoisotopic (exact) mass is 595 g/mol. The van der Waals surface area contributed by atoms with E-state index in [2.05, 4.69) is 97.6 Å². The van der Waals surface area contributed by atoms with Gasteiger partial charge in [0.05, 0.1) is 0 Å². The second-order valence-corrected chi connectivity index (χ2v) is 11.9. The first-order valence-electron chi connectivity index (χ1n) is 16.0. The van der Waals surface area contributed by atoms with Crippen LogP contribution >= 0.6 is 0 Å². The Morgan fingerprint density at radius 1 is 0.674 bits per heavy atom. The molecule has 222 valence electrons. The molecule has 0 unspecified atom stereocenters. The number of hydrogen-bond acceptors (Lipinski definition) is 4. The van der Waals surface area contributed by atoms with E-state index in [9.17, 15) is 0 Å². The van der Waals surface area contributed by atoms with Gasteiger partial charge >= 0.3 is 0 Å². The van der Waals surface area contributed by atoms with Crippen LogP contribution in [0.1, 0.15) is 58.9 Å². The first-order chi connectivity index (χ1) is 22.7. The topological polar surface area (TPSA) is 51.8 Å². The van der Waals surface area contributed by atoms with Crippen molar-refractivity contribution in [2.45, 2.75) is 32.1 Å². The molecule has 3 aliphatic rings. The average molecular weight is 596 g/mol. The van der Waals surface area contributed by atoms with Crippen LogP contribution < -0.4 is 0 Å². The molecule has 5 aromatic rings. The van der Waals surface area contributed by atoms with E-state index in [1.807, 2.05) is 36.4 Å². The van der Waals surface area contributed by atoms with Crippen LogP contribution in [0.5, 0.6) is 0 Å². The third-order valence-electron chi connectivity index (χ3n) is 8.88. The summed E-state index contributed by atoms with van der Waals surface area (Å²) < 4.78 is 6.49. The van der Waals surface area contributed by atoms with Gasteiger partial charge in [-0.1, -0.05) is 122 Å². The lowest BCUT2D eigenvalue weighted by atomic mass is 9.83. The molecule has 0 N–H and O–H groups in total. The molecule has 2 aromatic heterocycles. The molecule has 46 heavy (non-hydrogen) atoms. The molecule has 4 heteroatoms. The summed E-state index contributed by atoms with van der Waals surface area (Å²) >= 11 is 0. The Labute approximate surface area is 269 Å². The van der Waals surface area contributed by atoms with Crippen LogP contribution in [0.3, 0.4) is 0 Å². The standard InChI is InChI=1S/C42H33N3O/c1-28-13-5-2-6-14-29-23-24-33(27-32(29)22-21-28)34-25-26-37-38(35-19-11-12-20-36(35)46-37)39(34)42-44-40(30-15-7-3-8-16-30)43-41(45-42)31-17-9-4-10-18-31/h2-9,11-13,15-17,19-24,27H,1,10,14,18,25-26H2/b6-2-,13-5-,22-21-. The van der Waals surface area contributed by atoms with Crippen molar-refractivity contribution >= 4 is 33.8 Å². The van der Waals surface area contributed by atoms with Crippen molar-refractivity contribution in [1.82, 2.24) is 15.0 Å². The molecule has 8 rings (SSSR count). The number of nitrogens with zero attached hydrogens (tertiary/aromatic N) is 3. The molecule has 0 saturated heterocycles. The number of rotatable bonds is 4. The molecule has 0 aliphatic heterocycles. The van der Waals surface area contributed by atoms with Gasteiger partial charge in [-0.05, 0) is 71.2 Å². The smallest absolute Gasteiger partial charge is 0.165 e. The van der Waals surface area contributed by atoms with E-state index >= 15 is 0 Å². The maximum atomic E-state index is 6.49. The molecular formula is C42H33N3O. The van der Waals surface area contributed by atoms with E-state index in [0.29, 0.717) is 11.6 Å². The van der Waals surface area contributed by atoms with E-state index < -0.39 is 0 Å². The van der Waals surface area contributed by atoms with Gasteiger partial charge in [-0.25, -0.2) is 15.0 Å². The summed E-state index contributed by atoms with van der Waals surface area (Å²) in [5.74, 6) is 3.07. The van der Waals surface area contributed by atoms with Gasteiger partial charge in [0.2, 0.25) is 0 Å². The zero-order valence-electron chi connectivity index (χ0n) is 25.6. The van der Waals surface area contributed by atoms with Crippen molar-refractivity contribution in [3.8, 4) is 11.4 Å². The number of allylic oxidation sites excluding steroid dienone is 11. The third kappa shape index (κ3) is 5.33. The molecule has 0 atom stereocenters. The first kappa shape index (κ1) is 27.9. The van der Waals surface area contributed by atoms with Gasteiger partial charge in [0, 0.05) is 28.5 Å². The van der Waals surface area contributed by atoms with Crippen molar-refractivity contribution in [1.29, 1.82) is 0 Å². The van der Waals surface area contributed by atoms with E-state index in [1.165, 1.54) is 22.3 Å². The summed E-state index contributed by atoms with van der Waals surface area (Å²) in [4.78, 5) is 15.5. The van der Waals surface area contributed by atoms with Gasteiger partial charge in [-0.15, -0.1) is 0 Å². The Bertz CT molecular complexity index is 2190. The predicted octanol–water partition coefficient (Wildman–Crippen LogP) is 10.2. The van der Waals surface area contributed by atoms with Gasteiger partial charge in [-0.2, -0.15) is 0 Å². The van der Waals surface area contributed by atoms with Crippen molar-refractivity contribution < 1.29 is 4.42 Å². The Balaban J connectivity index is 1.40. The molecular weight excluding hydrogens is 562 g/mol. The lowest BCUT2D eigenvalue weighted by Gasteiger charge is -2.22. The molecule has 4 nitrogen and oxygen atoms in total. The number of benzene rings is 3. The quantitative estimate of drug-likeness (QED) is 0.207. The highest BCUT2D eigenvalue weighted by molar-refractivity contribution is 6.06. The maximum absolute atomic E-state index is 6.49. The minimum Gasteiger partial charge on any atom is -0.460 e. The number of fused-ring (bicyclic) bond motifs is 4. The van der Waals surface area contributed by atoms with Crippen LogP contribution in [0.25, 0.3) is 45.2 Å². The van der Waals surface area contributed by atoms with Crippen LogP contribution in [0.2, 0.25) is 0 Å². The number of furan rings is 1. The van der Waals surface area contributed by atoms with Gasteiger partial charge in [0.25, 0.3) is 0 Å². The third-order valence-corrected chi connectivity index (χ3v) is 8.88. The number of para-hydroxylation sites is 1. The maximum Gasteiger partial charge on any atom is 0.165 e. The number of aromatic nitrogens is 3. The fourth-order valence-corrected chi connectivity index (χ4v) is 6.56. The molecule has 0 amide bonds. The second kappa shape index (κ2) is 12.1. The van der Waals surface area contributed by atoms with Crippen LogP contribution in [0.15, 0.2) is 138 Å². The van der Waals surface area contributed by atoms with Crippen molar-refractivity contribution in [3.05, 3.63) is 173 Å². The average Bonchev–Trinajstić information content (AvgIpc) is 3.50. The molecule has 0 saturated carbocycles. The fourth-order valence-electron chi connectivity index (χ4n) is 6.56. The first-order valence-corrected chi connectivity index (χ1v) is 16.0. The van der Waals surface area contributed by atoms with Gasteiger partial charge in [0.15, 0.2) is 17.5 Å². The largest absolute Gasteiger partial charge is 0.460 e. The zero-order valence-corrected chi connectivity index (χ0v) is 25.6. The minimum atomic E-state index is 0.676. The van der Waals surface area contributed by atoms with Crippen LogP contribution in [-0.4, -0.2) is 15.0 Å². The summed E-state index contributed by atoms with van der Waals surface area (Å²) in [6.07, 6.45) is 23.4. The minimum absolute atomic E-state index is 0.676. The molecule has 3 aliphatic carbocycles. The highest BCUT2D eigenvalue weighted by atomic mass is 16.3. The Morgan fingerprint density at radius 2 is 1.52 bits per heavy atom. The van der Waals surface area contributed by atoms with E-state index in [1.54, 1.807) is 0 Å². The fraction of sp³-hybridized carbons (Fsp3) is 0.119. The summed E-state index contributed by atoms with van der Waals surface area (Å²) in [6.45, 7) is 4.19. The number of aryl methyl sites for hydroxylation is 1. The van der Waals surface area contributed by atoms with Crippen molar-refractivity contribution in [2.75, 3.05) is 0 Å². The van der Waals surface area contributed by atoms with Crippen molar-refractivity contribution in [2.24, 2.45) is 0 Å². The summed E-state index contributed by atoms with van der Waals surface area (Å²) in [5.41, 5.74) is 10.9. The van der Waals surface area contributed by atoms with Crippen LogP contribution in [0.4, 0.5) is 0 Å². The van der Waals surface area contributed by atoms with E-state index in [0.717, 1.165) is 82.5 Å². The van der Waals surface area contributed by atoms with E-state index in [-0.39, 0.29) is 0 Å². The predicted molar refractivity (Wildman–Crippen MR) is 189 cm³/mol. The van der Waals surface area contributed by atoms with Gasteiger partial charge in [-0.3, -0.25) is 0 Å². The summed E-state index contributed by atoms with van der Waals surface area (Å²) in [6, 6.07) is 25.4. The Morgan fingerprint density at radius 3 is 2.41 bits per heavy atom. The Kier molecular flexibility index (Phi) is 7.31.